The minimum absolute atomic E-state index is 0.0848. The summed E-state index contributed by atoms with van der Waals surface area (Å²) in [5.74, 6) is 0. The van der Waals surface area contributed by atoms with Gasteiger partial charge in [0.1, 0.15) is 0 Å². The Kier molecular flexibility index (Phi) is 4.11. The van der Waals surface area contributed by atoms with E-state index in [1.807, 2.05) is 54.6 Å². The number of fused-ring (bicyclic) bond motifs is 1. The highest BCUT2D eigenvalue weighted by atomic mass is 16.6. The van der Waals surface area contributed by atoms with E-state index in [0.29, 0.717) is 6.42 Å². The normalized spacial score (nSPS) is 10.8. The quantitative estimate of drug-likeness (QED) is 0.395. The van der Waals surface area contributed by atoms with E-state index in [1.165, 1.54) is 12.1 Å². The molecule has 1 heterocycles. The Morgan fingerprint density at radius 2 is 1.38 bits per heavy atom. The maximum absolute atomic E-state index is 10.8. The van der Waals surface area contributed by atoms with E-state index in [2.05, 4.69) is 0 Å². The lowest BCUT2D eigenvalue weighted by molar-refractivity contribution is -0.384. The first-order chi connectivity index (χ1) is 12.7. The zero-order valence-electron chi connectivity index (χ0n) is 13.9. The summed E-state index contributed by atoms with van der Waals surface area (Å²) >= 11 is 0. The van der Waals surface area contributed by atoms with Gasteiger partial charge in [0.2, 0.25) is 0 Å². The van der Waals surface area contributed by atoms with Crippen molar-refractivity contribution in [3.05, 3.63) is 100 Å². The fourth-order valence-electron chi connectivity index (χ4n) is 2.92. The van der Waals surface area contributed by atoms with Crippen LogP contribution in [0.2, 0.25) is 0 Å². The molecule has 4 aromatic rings. The molecule has 5 nitrogen and oxygen atoms in total. The second kappa shape index (κ2) is 6.72. The second-order valence-electron chi connectivity index (χ2n) is 5.97. The number of non-ortho nitro benzene ring substituents is 1. The van der Waals surface area contributed by atoms with Crippen LogP contribution in [-0.2, 0) is 6.42 Å². The SMILES string of the molecule is O=[N+]([O-])c1ccc(Cc2nc3ccccc3nc2-c2ccccc2)cc1. The van der Waals surface area contributed by atoms with Gasteiger partial charge in [-0.15, -0.1) is 0 Å². The van der Waals surface area contributed by atoms with Crippen molar-refractivity contribution in [2.24, 2.45) is 0 Å². The predicted molar refractivity (Wildman–Crippen MR) is 101 cm³/mol. The molecule has 0 aliphatic carbocycles. The molecule has 0 aliphatic heterocycles. The van der Waals surface area contributed by atoms with Gasteiger partial charge in [0.05, 0.1) is 27.3 Å². The molecule has 4 rings (SSSR count). The molecule has 1 aromatic heterocycles. The molecule has 0 fully saturated rings. The summed E-state index contributed by atoms with van der Waals surface area (Å²) in [6, 6.07) is 24.3. The number of nitro groups is 1. The summed E-state index contributed by atoms with van der Waals surface area (Å²) in [4.78, 5) is 20.1. The average molecular weight is 341 g/mol. The van der Waals surface area contributed by atoms with Gasteiger partial charge in [-0.05, 0) is 17.7 Å². The minimum Gasteiger partial charge on any atom is -0.258 e. The van der Waals surface area contributed by atoms with Gasteiger partial charge in [0.15, 0.2) is 0 Å². The van der Waals surface area contributed by atoms with Crippen molar-refractivity contribution in [1.82, 2.24) is 9.97 Å². The fraction of sp³-hybridized carbons (Fsp3) is 0.0476. The average Bonchev–Trinajstić information content (AvgIpc) is 2.68. The van der Waals surface area contributed by atoms with Crippen LogP contribution in [0.1, 0.15) is 11.3 Å². The Morgan fingerprint density at radius 3 is 2.04 bits per heavy atom. The van der Waals surface area contributed by atoms with Gasteiger partial charge in [-0.25, -0.2) is 9.97 Å². The first-order valence-corrected chi connectivity index (χ1v) is 8.25. The van der Waals surface area contributed by atoms with Crippen LogP contribution in [0.25, 0.3) is 22.3 Å². The number of aromatic nitrogens is 2. The Balaban J connectivity index is 1.80. The van der Waals surface area contributed by atoms with Crippen LogP contribution >= 0.6 is 0 Å². The van der Waals surface area contributed by atoms with E-state index in [4.69, 9.17) is 9.97 Å². The van der Waals surface area contributed by atoms with Crippen LogP contribution in [-0.4, -0.2) is 14.9 Å². The summed E-state index contributed by atoms with van der Waals surface area (Å²) in [6.45, 7) is 0. The maximum Gasteiger partial charge on any atom is 0.269 e. The van der Waals surface area contributed by atoms with Crippen molar-refractivity contribution >= 4 is 16.7 Å². The van der Waals surface area contributed by atoms with E-state index in [-0.39, 0.29) is 5.69 Å². The zero-order valence-corrected chi connectivity index (χ0v) is 13.9. The fourth-order valence-corrected chi connectivity index (χ4v) is 2.92. The highest BCUT2D eigenvalue weighted by Crippen LogP contribution is 2.25. The maximum atomic E-state index is 10.8. The molecule has 0 amide bonds. The zero-order chi connectivity index (χ0) is 17.9. The summed E-state index contributed by atoms with van der Waals surface area (Å²) < 4.78 is 0. The number of hydrogen-bond acceptors (Lipinski definition) is 4. The van der Waals surface area contributed by atoms with Gasteiger partial charge >= 0.3 is 0 Å². The Hall–Kier alpha value is -3.60. The van der Waals surface area contributed by atoms with Crippen molar-refractivity contribution in [3.8, 4) is 11.3 Å². The Morgan fingerprint density at radius 1 is 0.769 bits per heavy atom. The minimum atomic E-state index is -0.394. The van der Waals surface area contributed by atoms with E-state index in [9.17, 15) is 10.1 Å². The molecule has 126 valence electrons. The number of nitro benzene ring substituents is 1. The molecule has 0 N–H and O–H groups in total. The smallest absolute Gasteiger partial charge is 0.258 e. The highest BCUT2D eigenvalue weighted by molar-refractivity contribution is 5.78. The van der Waals surface area contributed by atoms with E-state index >= 15 is 0 Å². The summed E-state index contributed by atoms with van der Waals surface area (Å²) in [7, 11) is 0. The number of hydrogen-bond donors (Lipinski definition) is 0. The molecule has 0 unspecified atom stereocenters. The monoisotopic (exact) mass is 341 g/mol. The third-order valence-electron chi connectivity index (χ3n) is 4.21. The molecular weight excluding hydrogens is 326 g/mol. The largest absolute Gasteiger partial charge is 0.269 e. The van der Waals surface area contributed by atoms with Crippen LogP contribution in [0.15, 0.2) is 78.9 Å². The molecule has 0 aliphatic rings. The third-order valence-corrected chi connectivity index (χ3v) is 4.21. The molecule has 0 radical (unpaired) electrons. The molecular formula is C21H15N3O2. The molecule has 0 saturated heterocycles. The summed E-state index contributed by atoms with van der Waals surface area (Å²) in [5, 5.41) is 10.8. The van der Waals surface area contributed by atoms with Gasteiger partial charge in [-0.1, -0.05) is 54.6 Å². The molecule has 0 saturated carbocycles. The number of nitrogens with zero attached hydrogens (tertiary/aromatic N) is 3. The molecule has 3 aromatic carbocycles. The lowest BCUT2D eigenvalue weighted by atomic mass is 10.0. The van der Waals surface area contributed by atoms with Crippen molar-refractivity contribution in [3.63, 3.8) is 0 Å². The van der Waals surface area contributed by atoms with Gasteiger partial charge in [-0.3, -0.25) is 10.1 Å². The number of benzene rings is 3. The van der Waals surface area contributed by atoms with E-state index < -0.39 is 4.92 Å². The number of para-hydroxylation sites is 2. The Bertz CT molecular complexity index is 1080. The van der Waals surface area contributed by atoms with Crippen LogP contribution in [0, 0.1) is 10.1 Å². The first-order valence-electron chi connectivity index (χ1n) is 8.25. The first kappa shape index (κ1) is 15.9. The summed E-state index contributed by atoms with van der Waals surface area (Å²) in [5.41, 5.74) is 5.41. The third kappa shape index (κ3) is 3.15. The van der Waals surface area contributed by atoms with Crippen molar-refractivity contribution in [2.45, 2.75) is 6.42 Å². The molecule has 5 heteroatoms. The van der Waals surface area contributed by atoms with Gasteiger partial charge < -0.3 is 0 Å². The van der Waals surface area contributed by atoms with Crippen molar-refractivity contribution in [2.75, 3.05) is 0 Å². The lowest BCUT2D eigenvalue weighted by Gasteiger charge is -2.10. The van der Waals surface area contributed by atoms with Gasteiger partial charge in [-0.2, -0.15) is 0 Å². The van der Waals surface area contributed by atoms with Crippen LogP contribution < -0.4 is 0 Å². The van der Waals surface area contributed by atoms with Crippen LogP contribution in [0.5, 0.6) is 0 Å². The topological polar surface area (TPSA) is 68.9 Å². The molecule has 0 bridgehead atoms. The Labute approximate surface area is 150 Å². The highest BCUT2D eigenvalue weighted by Gasteiger charge is 2.12. The van der Waals surface area contributed by atoms with Gasteiger partial charge in [0.25, 0.3) is 5.69 Å². The summed E-state index contributed by atoms with van der Waals surface area (Å²) in [6.07, 6.45) is 0.556. The van der Waals surface area contributed by atoms with Crippen molar-refractivity contribution < 1.29 is 4.92 Å². The molecule has 0 atom stereocenters. The van der Waals surface area contributed by atoms with Crippen molar-refractivity contribution in [1.29, 1.82) is 0 Å². The second-order valence-corrected chi connectivity index (χ2v) is 5.97. The van der Waals surface area contributed by atoms with Crippen LogP contribution in [0.4, 0.5) is 5.69 Å². The van der Waals surface area contributed by atoms with E-state index in [0.717, 1.165) is 33.5 Å². The number of rotatable bonds is 4. The molecule has 0 spiro atoms. The standard InChI is InChI=1S/C21H15N3O2/c25-24(26)17-12-10-15(11-13-17)14-20-21(16-6-2-1-3-7-16)23-19-9-5-4-8-18(19)22-20/h1-13H,14H2. The van der Waals surface area contributed by atoms with Gasteiger partial charge in [0, 0.05) is 24.1 Å². The molecule has 26 heavy (non-hydrogen) atoms. The lowest BCUT2D eigenvalue weighted by Crippen LogP contribution is -2.00. The predicted octanol–water partition coefficient (Wildman–Crippen LogP) is 4.80. The van der Waals surface area contributed by atoms with E-state index in [1.54, 1.807) is 12.1 Å². The van der Waals surface area contributed by atoms with Crippen LogP contribution in [0.3, 0.4) is 0 Å².